The van der Waals surface area contributed by atoms with Crippen LogP contribution in [0.2, 0.25) is 0 Å². The minimum Gasteiger partial charge on any atom is -0.381 e. The van der Waals surface area contributed by atoms with E-state index in [2.05, 4.69) is 32.8 Å². The van der Waals surface area contributed by atoms with Crippen molar-refractivity contribution in [3.05, 3.63) is 77.4 Å². The molecule has 1 saturated heterocycles. The number of aromatic nitrogens is 3. The van der Waals surface area contributed by atoms with E-state index in [4.69, 9.17) is 4.74 Å². The second kappa shape index (κ2) is 9.17. The Balaban J connectivity index is 1.27. The van der Waals surface area contributed by atoms with Gasteiger partial charge in [0.2, 0.25) is 5.91 Å². The molecule has 8 nitrogen and oxygen atoms in total. The van der Waals surface area contributed by atoms with Gasteiger partial charge in [0, 0.05) is 44.0 Å². The molecule has 8 heteroatoms. The SMILES string of the molecule is Cn1nccc1C(=O)N[C@H](C(=O)Nc1ccc(C2CCOCC2)nc1)C1c2ccccc2CC12CC2. The molecule has 2 fully saturated rings. The van der Waals surface area contributed by atoms with Crippen molar-refractivity contribution in [2.45, 2.75) is 50.0 Å². The van der Waals surface area contributed by atoms with Crippen LogP contribution in [0.1, 0.15) is 64.8 Å². The molecule has 1 aliphatic heterocycles. The molecule has 1 spiro atoms. The van der Waals surface area contributed by atoms with Crippen molar-refractivity contribution in [1.82, 2.24) is 20.1 Å². The minimum absolute atomic E-state index is 0.0244. The highest BCUT2D eigenvalue weighted by atomic mass is 16.5. The summed E-state index contributed by atoms with van der Waals surface area (Å²) in [5, 5.41) is 10.2. The van der Waals surface area contributed by atoms with Crippen molar-refractivity contribution >= 4 is 17.5 Å². The molecule has 2 atom stereocenters. The van der Waals surface area contributed by atoms with Gasteiger partial charge in [-0.2, -0.15) is 5.10 Å². The van der Waals surface area contributed by atoms with Crippen LogP contribution in [0.25, 0.3) is 0 Å². The number of fused-ring (bicyclic) bond motifs is 1. The highest BCUT2D eigenvalue weighted by Crippen LogP contribution is 2.64. The molecule has 36 heavy (non-hydrogen) atoms. The molecule has 2 aromatic heterocycles. The molecule has 0 bridgehead atoms. The van der Waals surface area contributed by atoms with Crippen LogP contribution < -0.4 is 10.6 Å². The van der Waals surface area contributed by atoms with Gasteiger partial charge in [0.25, 0.3) is 5.91 Å². The van der Waals surface area contributed by atoms with Gasteiger partial charge in [-0.05, 0) is 66.8 Å². The van der Waals surface area contributed by atoms with Gasteiger partial charge < -0.3 is 15.4 Å². The second-order valence-corrected chi connectivity index (χ2v) is 10.4. The molecule has 6 rings (SSSR count). The van der Waals surface area contributed by atoms with Gasteiger partial charge in [0.15, 0.2) is 0 Å². The van der Waals surface area contributed by atoms with E-state index in [1.807, 2.05) is 24.3 Å². The Morgan fingerprint density at radius 2 is 1.92 bits per heavy atom. The summed E-state index contributed by atoms with van der Waals surface area (Å²) >= 11 is 0. The van der Waals surface area contributed by atoms with Crippen LogP contribution in [0.4, 0.5) is 5.69 Å². The topological polar surface area (TPSA) is 98.1 Å². The van der Waals surface area contributed by atoms with Crippen LogP contribution in [-0.4, -0.2) is 45.8 Å². The highest BCUT2D eigenvalue weighted by Gasteiger charge is 2.58. The van der Waals surface area contributed by atoms with Crippen molar-refractivity contribution in [3.63, 3.8) is 0 Å². The van der Waals surface area contributed by atoms with Crippen molar-refractivity contribution in [3.8, 4) is 0 Å². The normalized spacial score (nSPS) is 21.1. The van der Waals surface area contributed by atoms with Crippen LogP contribution in [0.3, 0.4) is 0 Å². The van der Waals surface area contributed by atoms with Gasteiger partial charge >= 0.3 is 0 Å². The predicted molar refractivity (Wildman–Crippen MR) is 135 cm³/mol. The van der Waals surface area contributed by atoms with E-state index < -0.39 is 6.04 Å². The third-order valence-corrected chi connectivity index (χ3v) is 8.13. The number of amides is 2. The molecule has 186 valence electrons. The van der Waals surface area contributed by atoms with Gasteiger partial charge in [-0.1, -0.05) is 24.3 Å². The van der Waals surface area contributed by atoms with E-state index in [1.165, 1.54) is 10.2 Å². The molecule has 3 heterocycles. The summed E-state index contributed by atoms with van der Waals surface area (Å²) in [6.45, 7) is 1.51. The number of anilines is 1. The first-order valence-corrected chi connectivity index (χ1v) is 12.8. The summed E-state index contributed by atoms with van der Waals surface area (Å²) in [6, 6.07) is 13.2. The fourth-order valence-electron chi connectivity index (χ4n) is 6.05. The lowest BCUT2D eigenvalue weighted by molar-refractivity contribution is -0.118. The Morgan fingerprint density at radius 3 is 2.61 bits per heavy atom. The van der Waals surface area contributed by atoms with E-state index in [1.54, 1.807) is 25.5 Å². The largest absolute Gasteiger partial charge is 0.381 e. The second-order valence-electron chi connectivity index (χ2n) is 10.4. The van der Waals surface area contributed by atoms with Gasteiger partial charge in [0.05, 0.1) is 11.9 Å². The quantitative estimate of drug-likeness (QED) is 0.556. The maximum Gasteiger partial charge on any atom is 0.270 e. The lowest BCUT2D eigenvalue weighted by Crippen LogP contribution is -2.49. The van der Waals surface area contributed by atoms with E-state index in [0.717, 1.165) is 56.6 Å². The average Bonchev–Trinajstić information content (AvgIpc) is 3.40. The first-order valence-electron chi connectivity index (χ1n) is 12.8. The highest BCUT2D eigenvalue weighted by molar-refractivity contribution is 6.01. The van der Waals surface area contributed by atoms with Crippen molar-refractivity contribution in [1.29, 1.82) is 0 Å². The van der Waals surface area contributed by atoms with Crippen LogP contribution in [0.5, 0.6) is 0 Å². The zero-order valence-electron chi connectivity index (χ0n) is 20.4. The molecule has 2 amide bonds. The molecule has 3 aliphatic rings. The number of aryl methyl sites for hydroxylation is 1. The van der Waals surface area contributed by atoms with Crippen LogP contribution in [0.15, 0.2) is 54.9 Å². The minimum atomic E-state index is -0.714. The molecular formula is C28H31N5O3. The fourth-order valence-corrected chi connectivity index (χ4v) is 6.05. The lowest BCUT2D eigenvalue weighted by atomic mass is 9.82. The third-order valence-electron chi connectivity index (χ3n) is 8.13. The molecule has 0 radical (unpaired) electrons. The van der Waals surface area contributed by atoms with Crippen LogP contribution in [-0.2, 0) is 23.0 Å². The number of ether oxygens (including phenoxy) is 1. The molecule has 2 aliphatic carbocycles. The number of carbonyl (C=O) groups excluding carboxylic acids is 2. The first-order chi connectivity index (χ1) is 17.5. The van der Waals surface area contributed by atoms with Crippen molar-refractivity contribution in [2.24, 2.45) is 12.5 Å². The Kier molecular flexibility index (Phi) is 5.84. The molecule has 1 unspecified atom stereocenters. The number of hydrogen-bond acceptors (Lipinski definition) is 5. The summed E-state index contributed by atoms with van der Waals surface area (Å²) < 4.78 is 6.99. The smallest absolute Gasteiger partial charge is 0.270 e. The van der Waals surface area contributed by atoms with Crippen LogP contribution >= 0.6 is 0 Å². The summed E-state index contributed by atoms with van der Waals surface area (Å²) in [7, 11) is 1.73. The summed E-state index contributed by atoms with van der Waals surface area (Å²) in [5.74, 6) is -0.220. The number of nitrogens with one attached hydrogen (secondary N) is 2. The van der Waals surface area contributed by atoms with Gasteiger partial charge in [0.1, 0.15) is 11.7 Å². The zero-order chi connectivity index (χ0) is 24.7. The van der Waals surface area contributed by atoms with E-state index >= 15 is 0 Å². The number of rotatable bonds is 6. The summed E-state index contributed by atoms with van der Waals surface area (Å²) in [5.41, 5.74) is 4.54. The fraction of sp³-hybridized carbons (Fsp3) is 0.429. The first kappa shape index (κ1) is 22.9. The molecule has 2 N–H and O–H groups in total. The van der Waals surface area contributed by atoms with E-state index in [-0.39, 0.29) is 23.1 Å². The number of benzene rings is 1. The van der Waals surface area contributed by atoms with Crippen molar-refractivity contribution in [2.75, 3.05) is 18.5 Å². The van der Waals surface area contributed by atoms with Gasteiger partial charge in [-0.25, -0.2) is 0 Å². The molecule has 3 aromatic rings. The van der Waals surface area contributed by atoms with Gasteiger partial charge in [-0.15, -0.1) is 0 Å². The Bertz CT molecular complexity index is 1270. The standard InChI is InChI=1S/C28H31N5O3/c1-33-23(8-13-30-33)26(34)32-25(24-21-5-3-2-4-19(21)16-28(24)11-12-28)27(35)31-20-6-7-22(29-17-20)18-9-14-36-15-10-18/h2-8,13,17-18,24-25H,9-12,14-16H2,1H3,(H,31,35)(H,32,34)/t24?,25-/m0/s1. The maximum absolute atomic E-state index is 13.8. The number of pyridine rings is 1. The number of carbonyl (C=O) groups is 2. The molecule has 1 saturated carbocycles. The van der Waals surface area contributed by atoms with Gasteiger partial charge in [-0.3, -0.25) is 19.3 Å². The van der Waals surface area contributed by atoms with Crippen molar-refractivity contribution < 1.29 is 14.3 Å². The lowest BCUT2D eigenvalue weighted by Gasteiger charge is -2.29. The monoisotopic (exact) mass is 485 g/mol. The number of hydrogen-bond donors (Lipinski definition) is 2. The molecular weight excluding hydrogens is 454 g/mol. The maximum atomic E-state index is 13.8. The number of nitrogens with zero attached hydrogens (tertiary/aromatic N) is 3. The summed E-state index contributed by atoms with van der Waals surface area (Å²) in [6.07, 6.45) is 8.29. The van der Waals surface area contributed by atoms with Crippen LogP contribution in [0, 0.1) is 5.41 Å². The molecule has 1 aromatic carbocycles. The van der Waals surface area contributed by atoms with E-state index in [0.29, 0.717) is 17.3 Å². The average molecular weight is 486 g/mol. The third kappa shape index (κ3) is 4.19. The Hall–Kier alpha value is -3.52. The zero-order valence-corrected chi connectivity index (χ0v) is 20.4. The predicted octanol–water partition coefficient (Wildman–Crippen LogP) is 3.57. The Morgan fingerprint density at radius 1 is 1.11 bits per heavy atom. The Labute approximate surface area is 210 Å². The van der Waals surface area contributed by atoms with E-state index in [9.17, 15) is 9.59 Å². The summed E-state index contributed by atoms with van der Waals surface area (Å²) in [4.78, 5) is 31.7.